The van der Waals surface area contributed by atoms with E-state index in [1.807, 2.05) is 47.0 Å². The van der Waals surface area contributed by atoms with Gasteiger partial charge in [0, 0.05) is 81.5 Å². The zero-order valence-corrected chi connectivity index (χ0v) is 26.0. The fraction of sp³-hybridized carbons (Fsp3) is 0.778. The second-order valence-corrected chi connectivity index (χ2v) is 15.7. The molecule has 0 aliphatic carbocycles. The van der Waals surface area contributed by atoms with Gasteiger partial charge >= 0.3 is 0 Å². The minimum atomic E-state index is 0.155. The van der Waals surface area contributed by atoms with Gasteiger partial charge in [0.05, 0.1) is 0 Å². The van der Waals surface area contributed by atoms with Crippen LogP contribution in [0.5, 0.6) is 0 Å². The third kappa shape index (κ3) is 21.9. The fourth-order valence-electron chi connectivity index (χ4n) is 2.31. The van der Waals surface area contributed by atoms with Crippen molar-refractivity contribution in [3.8, 4) is 0 Å². The highest BCUT2D eigenvalue weighted by Gasteiger charge is 2.30. The number of aliphatic imine (C=N–C) groups is 1. The van der Waals surface area contributed by atoms with Gasteiger partial charge in [-0.1, -0.05) is 47.0 Å². The van der Waals surface area contributed by atoms with Crippen LogP contribution in [0.25, 0.3) is 0 Å². The molecule has 0 fully saturated rings. The lowest BCUT2D eigenvalue weighted by Gasteiger charge is -2.33. The molecule has 11 N–H and O–H groups in total. The lowest BCUT2D eigenvalue weighted by molar-refractivity contribution is 0.516. The molecule has 0 aliphatic rings. The van der Waals surface area contributed by atoms with Gasteiger partial charge in [0.1, 0.15) is 0 Å². The molecule has 0 spiro atoms. The Morgan fingerprint density at radius 2 is 0.853 bits per heavy atom. The first kappa shape index (κ1) is 34.7. The van der Waals surface area contributed by atoms with Gasteiger partial charge in [-0.3, -0.25) is 21.2 Å². The van der Waals surface area contributed by atoms with Gasteiger partial charge in [-0.2, -0.15) is 47.0 Å². The molecule has 0 aromatic rings. The summed E-state index contributed by atoms with van der Waals surface area (Å²) in [5.74, 6) is 11.6. The molecule has 0 bridgehead atoms. The van der Waals surface area contributed by atoms with Crippen molar-refractivity contribution in [2.75, 3.05) is 76.1 Å². The number of hydrogen-bond acceptors (Lipinski definition) is 12. The summed E-state index contributed by atoms with van der Waals surface area (Å²) < 4.78 is 0. The number of hydrogen-bond donors (Lipinski definition) is 7. The monoisotopic (exact) mass is 622 g/mol. The number of thioether (sulfide) groups is 8. The van der Waals surface area contributed by atoms with E-state index in [4.69, 9.17) is 39.2 Å². The molecule has 0 amide bonds. The molecule has 0 heterocycles. The minimum Gasteiger partial charge on any atom is -0.379 e. The van der Waals surface area contributed by atoms with Gasteiger partial charge in [0.15, 0.2) is 20.7 Å². The van der Waals surface area contributed by atoms with E-state index in [1.54, 1.807) is 18.8 Å². The number of nitrogens with zero attached hydrogens (tertiary/aromatic N) is 1. The van der Waals surface area contributed by atoms with Crippen LogP contribution in [0.15, 0.2) is 4.99 Å². The molecule has 16 heteroatoms. The molecule has 0 unspecified atom stereocenters. The van der Waals surface area contributed by atoms with Gasteiger partial charge < -0.3 is 22.9 Å². The Hall–Kier alpha value is 0.680. The predicted octanol–water partition coefficient (Wildman–Crippen LogP) is 3.46. The van der Waals surface area contributed by atoms with Crippen molar-refractivity contribution in [2.24, 2.45) is 33.3 Å². The molecule has 0 aromatic carbocycles. The Kier molecular flexibility index (Phi) is 23.3. The van der Waals surface area contributed by atoms with Gasteiger partial charge in [0.2, 0.25) is 0 Å². The van der Waals surface area contributed by atoms with Gasteiger partial charge in [-0.05, 0) is 0 Å². The number of nitrogens with two attached hydrogens (primary N) is 4. The third-order valence-corrected chi connectivity index (χ3v) is 13.1. The maximum Gasteiger partial charge on any atom is 0.153 e. The van der Waals surface area contributed by atoms with E-state index in [0.717, 1.165) is 69.0 Å². The van der Waals surface area contributed by atoms with E-state index in [-0.39, 0.29) is 20.9 Å². The maximum absolute atomic E-state index is 7.40. The van der Waals surface area contributed by atoms with Crippen molar-refractivity contribution in [2.45, 2.75) is 0 Å². The normalized spacial score (nSPS) is 13.5. The molecule has 0 aromatic heterocycles. The van der Waals surface area contributed by atoms with Crippen molar-refractivity contribution in [1.82, 2.24) is 0 Å². The van der Waals surface area contributed by atoms with Crippen LogP contribution in [0.3, 0.4) is 0 Å². The average Bonchev–Trinajstić information content (AvgIpc) is 2.77. The first-order valence-electron chi connectivity index (χ1n) is 10.3. The summed E-state index contributed by atoms with van der Waals surface area (Å²) in [6.07, 6.45) is 0. The van der Waals surface area contributed by atoms with E-state index in [2.05, 4.69) is 4.99 Å². The maximum atomic E-state index is 7.40. The third-order valence-electron chi connectivity index (χ3n) is 3.79. The number of amidine groups is 4. The fourth-order valence-corrected chi connectivity index (χ4v) is 10.8. The van der Waals surface area contributed by atoms with Crippen LogP contribution >= 0.6 is 94.1 Å². The molecule has 0 radical (unpaired) electrons. The zero-order valence-electron chi connectivity index (χ0n) is 19.5. The Morgan fingerprint density at radius 1 is 0.559 bits per heavy atom. The second-order valence-electron chi connectivity index (χ2n) is 6.76. The van der Waals surface area contributed by atoms with Crippen LogP contribution in [0.2, 0.25) is 0 Å². The SMILES string of the molecule is CN=C(N)SCCSCC(CSCCSC(=N)N)(CSCCSC(=N)N)CSCCSC(=N)N. The van der Waals surface area contributed by atoms with Gasteiger partial charge in [0.25, 0.3) is 0 Å². The topological polar surface area (TPSA) is 188 Å². The molecule has 198 valence electrons. The first-order valence-corrected chi connectivity index (χ1v) is 18.8. The second kappa shape index (κ2) is 22.8. The van der Waals surface area contributed by atoms with E-state index >= 15 is 0 Å². The Bertz CT molecular complexity index is 563. The first-order chi connectivity index (χ1) is 16.2. The van der Waals surface area contributed by atoms with Crippen molar-refractivity contribution in [1.29, 1.82) is 16.2 Å². The van der Waals surface area contributed by atoms with E-state index in [9.17, 15) is 0 Å². The molecule has 0 aliphatic heterocycles. The smallest absolute Gasteiger partial charge is 0.153 e. The molecule has 0 atom stereocenters. The van der Waals surface area contributed by atoms with Crippen LogP contribution in [0.1, 0.15) is 0 Å². The van der Waals surface area contributed by atoms with Gasteiger partial charge in [-0.15, -0.1) is 0 Å². The van der Waals surface area contributed by atoms with E-state index in [1.165, 1.54) is 35.3 Å². The Labute approximate surface area is 238 Å². The van der Waals surface area contributed by atoms with Gasteiger partial charge in [-0.25, -0.2) is 0 Å². The zero-order chi connectivity index (χ0) is 25.7. The quantitative estimate of drug-likeness (QED) is 0.0596. The Morgan fingerprint density at radius 3 is 1.12 bits per heavy atom. The van der Waals surface area contributed by atoms with Crippen LogP contribution in [0.4, 0.5) is 0 Å². The number of nitrogens with one attached hydrogen (secondary N) is 3. The van der Waals surface area contributed by atoms with Crippen LogP contribution in [0, 0.1) is 21.6 Å². The van der Waals surface area contributed by atoms with E-state index in [0.29, 0.717) is 5.17 Å². The summed E-state index contributed by atoms with van der Waals surface area (Å²) >= 11 is 13.6. The molecule has 0 saturated heterocycles. The van der Waals surface area contributed by atoms with E-state index < -0.39 is 0 Å². The number of rotatable bonds is 20. The molecule has 0 rings (SSSR count). The van der Waals surface area contributed by atoms with Crippen molar-refractivity contribution < 1.29 is 0 Å². The van der Waals surface area contributed by atoms with Crippen molar-refractivity contribution >= 4 is 115 Å². The minimum absolute atomic E-state index is 0.155. The summed E-state index contributed by atoms with van der Waals surface area (Å²) in [6, 6.07) is 0. The largest absolute Gasteiger partial charge is 0.379 e. The molecular formula is C18H38N8S8. The summed E-state index contributed by atoms with van der Waals surface area (Å²) in [6.45, 7) is 0. The van der Waals surface area contributed by atoms with Crippen molar-refractivity contribution in [3.05, 3.63) is 0 Å². The summed E-state index contributed by atoms with van der Waals surface area (Å²) in [5, 5.41) is 23.3. The summed E-state index contributed by atoms with van der Waals surface area (Å²) in [4.78, 5) is 4.01. The molecule has 0 saturated carbocycles. The lowest BCUT2D eigenvalue weighted by atomic mass is 9.99. The molecular weight excluding hydrogens is 585 g/mol. The average molecular weight is 623 g/mol. The summed E-state index contributed by atoms with van der Waals surface area (Å²) in [5.41, 5.74) is 22.4. The molecule has 34 heavy (non-hydrogen) atoms. The standard InChI is InChI=1S/C18H38N8S8/c1-26-17(25)34-9-5-30-13-18(10-27-2-6-31-14(19)20,11-28-3-7-32-15(21)22)12-29-4-8-33-16(23)24/h2-13H2,1H3,(H3,19,20)(H3,21,22)(H3,23,24)(H2,25,26). The lowest BCUT2D eigenvalue weighted by Crippen LogP contribution is -2.34. The van der Waals surface area contributed by atoms with Crippen LogP contribution in [-0.2, 0) is 0 Å². The van der Waals surface area contributed by atoms with Crippen LogP contribution in [-0.4, -0.2) is 96.8 Å². The highest BCUT2D eigenvalue weighted by molar-refractivity contribution is 8.15. The predicted molar refractivity (Wildman–Crippen MR) is 175 cm³/mol. The Balaban J connectivity index is 4.98. The molecule has 8 nitrogen and oxygen atoms in total. The summed E-state index contributed by atoms with van der Waals surface area (Å²) in [7, 11) is 1.71. The highest BCUT2D eigenvalue weighted by atomic mass is 32.2. The van der Waals surface area contributed by atoms with Crippen LogP contribution < -0.4 is 22.9 Å². The highest BCUT2D eigenvalue weighted by Crippen LogP contribution is 2.36. The van der Waals surface area contributed by atoms with Crippen molar-refractivity contribution in [3.63, 3.8) is 0 Å².